The van der Waals surface area contributed by atoms with E-state index >= 15 is 0 Å². The van der Waals surface area contributed by atoms with Crippen LogP contribution in [0.1, 0.15) is 30.9 Å². The predicted molar refractivity (Wildman–Crippen MR) is 99.4 cm³/mol. The van der Waals surface area contributed by atoms with E-state index < -0.39 is 10.3 Å². The number of rotatable bonds is 7. The van der Waals surface area contributed by atoms with E-state index in [-0.39, 0.29) is 24.0 Å². The second-order valence-corrected chi connectivity index (χ2v) is 6.52. The van der Waals surface area contributed by atoms with Gasteiger partial charge in [-0.05, 0) is 43.0 Å². The Morgan fingerprint density at radius 3 is 2.26 bits per heavy atom. The average molecular weight is 368 g/mol. The number of benzene rings is 2. The molecule has 2 aromatic rings. The van der Waals surface area contributed by atoms with Gasteiger partial charge in [-0.1, -0.05) is 24.3 Å². The average Bonchev–Trinajstić information content (AvgIpc) is 3.46. The fraction of sp³-hybridized carbons (Fsp3) is 0.300. The highest BCUT2D eigenvalue weighted by atomic mass is 16.6. The lowest BCUT2D eigenvalue weighted by molar-refractivity contribution is -0.384. The lowest BCUT2D eigenvalue weighted by Crippen LogP contribution is -2.27. The highest BCUT2D eigenvalue weighted by Crippen LogP contribution is 2.49. The minimum atomic E-state index is -0.626. The third kappa shape index (κ3) is 4.13. The lowest BCUT2D eigenvalue weighted by atomic mass is 9.94. The van der Waals surface area contributed by atoms with E-state index in [1.165, 1.54) is 12.1 Å². The standard InChI is InChI=1S/C20H20N2O5/c1-2-27-18(23)13-14-3-7-16(8-4-14)21-19(24)20(11-12-20)15-5-9-17(10-6-15)22(25)26/h3-10H,2,11-13H2,1H3,(H,21,24). The number of esters is 1. The molecule has 1 saturated carbocycles. The number of nitro benzene ring substituents is 1. The molecule has 1 fully saturated rings. The van der Waals surface area contributed by atoms with Gasteiger partial charge in [0.2, 0.25) is 5.91 Å². The van der Waals surface area contributed by atoms with Gasteiger partial charge in [0.25, 0.3) is 5.69 Å². The molecule has 0 aromatic heterocycles. The van der Waals surface area contributed by atoms with E-state index in [0.29, 0.717) is 25.1 Å². The Morgan fingerprint density at radius 1 is 1.11 bits per heavy atom. The number of non-ortho nitro benzene ring substituents is 1. The van der Waals surface area contributed by atoms with Gasteiger partial charge < -0.3 is 10.1 Å². The summed E-state index contributed by atoms with van der Waals surface area (Å²) in [5.41, 5.74) is 1.61. The highest BCUT2D eigenvalue weighted by Gasteiger charge is 2.51. The van der Waals surface area contributed by atoms with Gasteiger partial charge in [-0.2, -0.15) is 0 Å². The number of nitrogens with zero attached hydrogens (tertiary/aromatic N) is 1. The smallest absolute Gasteiger partial charge is 0.310 e. The van der Waals surface area contributed by atoms with Gasteiger partial charge in [-0.25, -0.2) is 0 Å². The van der Waals surface area contributed by atoms with Gasteiger partial charge in [-0.15, -0.1) is 0 Å². The molecule has 1 amide bonds. The zero-order chi connectivity index (χ0) is 19.4. The minimum absolute atomic E-state index is 0.00662. The van der Waals surface area contributed by atoms with Crippen LogP contribution in [0.4, 0.5) is 11.4 Å². The third-order valence-electron chi connectivity index (χ3n) is 4.68. The Morgan fingerprint density at radius 2 is 1.74 bits per heavy atom. The van der Waals surface area contributed by atoms with Crippen molar-refractivity contribution in [2.45, 2.75) is 31.6 Å². The molecule has 7 nitrogen and oxygen atoms in total. The number of amides is 1. The van der Waals surface area contributed by atoms with E-state index in [1.807, 2.05) is 0 Å². The first-order chi connectivity index (χ1) is 12.9. The monoisotopic (exact) mass is 368 g/mol. The zero-order valence-corrected chi connectivity index (χ0v) is 14.9. The maximum atomic E-state index is 12.7. The summed E-state index contributed by atoms with van der Waals surface area (Å²) in [4.78, 5) is 34.6. The van der Waals surface area contributed by atoms with Gasteiger partial charge in [0, 0.05) is 17.8 Å². The Balaban J connectivity index is 1.66. The third-order valence-corrected chi connectivity index (χ3v) is 4.68. The highest BCUT2D eigenvalue weighted by molar-refractivity contribution is 6.01. The summed E-state index contributed by atoms with van der Waals surface area (Å²) in [5, 5.41) is 13.7. The normalized spacial score (nSPS) is 14.3. The Bertz CT molecular complexity index is 855. The number of ether oxygens (including phenoxy) is 1. The molecular weight excluding hydrogens is 348 g/mol. The van der Waals surface area contributed by atoms with Crippen molar-refractivity contribution in [3.05, 3.63) is 69.8 Å². The number of carbonyl (C=O) groups is 2. The number of anilines is 1. The predicted octanol–water partition coefficient (Wildman–Crippen LogP) is 3.37. The fourth-order valence-electron chi connectivity index (χ4n) is 3.01. The summed E-state index contributed by atoms with van der Waals surface area (Å²) in [6.07, 6.45) is 1.60. The molecule has 1 aliphatic carbocycles. The van der Waals surface area contributed by atoms with Crippen molar-refractivity contribution in [1.82, 2.24) is 0 Å². The van der Waals surface area contributed by atoms with Crippen molar-refractivity contribution in [2.75, 3.05) is 11.9 Å². The van der Waals surface area contributed by atoms with Gasteiger partial charge in [0.05, 0.1) is 23.4 Å². The summed E-state index contributed by atoms with van der Waals surface area (Å²) in [7, 11) is 0. The summed E-state index contributed by atoms with van der Waals surface area (Å²) >= 11 is 0. The number of carbonyl (C=O) groups excluding carboxylic acids is 2. The molecule has 27 heavy (non-hydrogen) atoms. The fourth-order valence-corrected chi connectivity index (χ4v) is 3.01. The van der Waals surface area contributed by atoms with Gasteiger partial charge in [-0.3, -0.25) is 19.7 Å². The molecule has 0 atom stereocenters. The first-order valence-electron chi connectivity index (χ1n) is 8.75. The quantitative estimate of drug-likeness (QED) is 0.459. The van der Waals surface area contributed by atoms with Crippen molar-refractivity contribution in [3.8, 4) is 0 Å². The van der Waals surface area contributed by atoms with Gasteiger partial charge in [0.15, 0.2) is 0 Å². The first kappa shape index (κ1) is 18.6. The maximum Gasteiger partial charge on any atom is 0.310 e. The minimum Gasteiger partial charge on any atom is -0.466 e. The van der Waals surface area contributed by atoms with E-state index in [9.17, 15) is 19.7 Å². The molecule has 0 heterocycles. The molecule has 3 rings (SSSR count). The topological polar surface area (TPSA) is 98.5 Å². The van der Waals surface area contributed by atoms with Crippen LogP contribution in [0.5, 0.6) is 0 Å². The van der Waals surface area contributed by atoms with E-state index in [1.54, 1.807) is 43.3 Å². The van der Waals surface area contributed by atoms with Crippen molar-refractivity contribution < 1.29 is 19.2 Å². The second kappa shape index (κ2) is 7.57. The molecule has 140 valence electrons. The number of nitro groups is 1. The SMILES string of the molecule is CCOC(=O)Cc1ccc(NC(=O)C2(c3ccc([N+](=O)[O-])cc3)CC2)cc1. The van der Waals surface area contributed by atoms with Crippen molar-refractivity contribution in [2.24, 2.45) is 0 Å². The van der Waals surface area contributed by atoms with Crippen LogP contribution in [0.2, 0.25) is 0 Å². The Kier molecular flexibility index (Phi) is 5.21. The van der Waals surface area contributed by atoms with E-state index in [2.05, 4.69) is 5.32 Å². The molecule has 0 unspecified atom stereocenters. The first-order valence-corrected chi connectivity index (χ1v) is 8.75. The summed E-state index contributed by atoms with van der Waals surface area (Å²) in [6.45, 7) is 2.10. The zero-order valence-electron chi connectivity index (χ0n) is 14.9. The van der Waals surface area contributed by atoms with Gasteiger partial charge in [0.1, 0.15) is 0 Å². The summed E-state index contributed by atoms with van der Waals surface area (Å²) in [5.74, 6) is -0.418. The number of nitrogens with one attached hydrogen (secondary N) is 1. The van der Waals surface area contributed by atoms with Crippen LogP contribution in [0, 0.1) is 10.1 Å². The molecule has 2 aromatic carbocycles. The van der Waals surface area contributed by atoms with E-state index in [0.717, 1.165) is 11.1 Å². The molecular formula is C20H20N2O5. The molecule has 0 saturated heterocycles. The molecule has 0 radical (unpaired) electrons. The van der Waals surface area contributed by atoms with Crippen molar-refractivity contribution >= 4 is 23.3 Å². The molecule has 1 N–H and O–H groups in total. The summed E-state index contributed by atoms with van der Waals surface area (Å²) < 4.78 is 4.91. The second-order valence-electron chi connectivity index (χ2n) is 6.52. The van der Waals surface area contributed by atoms with Crippen LogP contribution in [0.3, 0.4) is 0 Å². The van der Waals surface area contributed by atoms with Crippen molar-refractivity contribution in [3.63, 3.8) is 0 Å². The molecule has 0 spiro atoms. The lowest BCUT2D eigenvalue weighted by Gasteiger charge is -2.16. The molecule has 7 heteroatoms. The molecule has 0 bridgehead atoms. The number of hydrogen-bond acceptors (Lipinski definition) is 5. The van der Waals surface area contributed by atoms with Crippen LogP contribution < -0.4 is 5.32 Å². The molecule has 0 aliphatic heterocycles. The summed E-state index contributed by atoms with van der Waals surface area (Å²) in [6, 6.07) is 13.2. The van der Waals surface area contributed by atoms with Crippen molar-refractivity contribution in [1.29, 1.82) is 0 Å². The van der Waals surface area contributed by atoms with E-state index in [4.69, 9.17) is 4.74 Å². The van der Waals surface area contributed by atoms with Crippen LogP contribution in [0.25, 0.3) is 0 Å². The van der Waals surface area contributed by atoms with Crippen LogP contribution in [-0.2, 0) is 26.2 Å². The largest absolute Gasteiger partial charge is 0.466 e. The Labute approximate surface area is 156 Å². The van der Waals surface area contributed by atoms with Gasteiger partial charge >= 0.3 is 5.97 Å². The number of hydrogen-bond donors (Lipinski definition) is 1. The van der Waals surface area contributed by atoms with Crippen LogP contribution in [0.15, 0.2) is 48.5 Å². The Hall–Kier alpha value is -3.22. The van der Waals surface area contributed by atoms with Crippen LogP contribution in [-0.4, -0.2) is 23.4 Å². The maximum absolute atomic E-state index is 12.7. The van der Waals surface area contributed by atoms with Crippen LogP contribution >= 0.6 is 0 Å². The molecule has 1 aliphatic rings.